The van der Waals surface area contributed by atoms with Crippen LogP contribution in [0.3, 0.4) is 0 Å². The van der Waals surface area contributed by atoms with Gasteiger partial charge in [0.15, 0.2) is 0 Å². The van der Waals surface area contributed by atoms with Crippen LogP contribution in [-0.2, 0) is 10.4 Å². The average Bonchev–Trinajstić information content (AvgIpc) is 2.57. The van der Waals surface area contributed by atoms with Gasteiger partial charge in [-0.2, -0.15) is 0 Å². The van der Waals surface area contributed by atoms with Crippen molar-refractivity contribution in [1.29, 1.82) is 0 Å². The standard InChI is InChI=1S/C19H21NO3/c1-13(14-8-4-3-5-9-14)18(21)20-17-12-23-16-11-7-6-10-15(16)19(17,2)22/h3-11,13,17,22H,12H2,1-2H3,(H,20,21)/t13-,17+,19-/m0/s1. The average molecular weight is 311 g/mol. The van der Waals surface area contributed by atoms with Crippen molar-refractivity contribution in [2.75, 3.05) is 6.61 Å². The number of nitrogens with one attached hydrogen (secondary N) is 1. The summed E-state index contributed by atoms with van der Waals surface area (Å²) in [5, 5.41) is 13.8. The third kappa shape index (κ3) is 2.94. The van der Waals surface area contributed by atoms with Crippen LogP contribution >= 0.6 is 0 Å². The van der Waals surface area contributed by atoms with Crippen LogP contribution in [0, 0.1) is 0 Å². The lowest BCUT2D eigenvalue weighted by molar-refractivity contribution is -0.126. The smallest absolute Gasteiger partial charge is 0.227 e. The molecule has 3 atom stereocenters. The van der Waals surface area contributed by atoms with Crippen molar-refractivity contribution in [2.24, 2.45) is 0 Å². The number of benzene rings is 2. The number of fused-ring (bicyclic) bond motifs is 1. The largest absolute Gasteiger partial charge is 0.491 e. The third-order valence-electron chi connectivity index (χ3n) is 4.53. The molecule has 23 heavy (non-hydrogen) atoms. The van der Waals surface area contributed by atoms with E-state index < -0.39 is 11.6 Å². The second-order valence-electron chi connectivity index (χ2n) is 6.15. The van der Waals surface area contributed by atoms with E-state index in [-0.39, 0.29) is 18.4 Å². The van der Waals surface area contributed by atoms with Gasteiger partial charge in [-0.05, 0) is 25.5 Å². The summed E-state index contributed by atoms with van der Waals surface area (Å²) >= 11 is 0. The number of hydrogen-bond acceptors (Lipinski definition) is 3. The lowest BCUT2D eigenvalue weighted by Gasteiger charge is -2.39. The molecule has 2 aromatic rings. The molecule has 0 saturated heterocycles. The molecule has 1 aliphatic rings. The first kappa shape index (κ1) is 15.6. The van der Waals surface area contributed by atoms with Crippen LogP contribution in [0.2, 0.25) is 0 Å². The van der Waals surface area contributed by atoms with Gasteiger partial charge in [0.1, 0.15) is 18.0 Å². The van der Waals surface area contributed by atoms with Crippen LogP contribution in [0.1, 0.15) is 30.9 Å². The highest BCUT2D eigenvalue weighted by Crippen LogP contribution is 2.36. The van der Waals surface area contributed by atoms with E-state index in [0.29, 0.717) is 11.3 Å². The Morgan fingerprint density at radius 3 is 2.61 bits per heavy atom. The fourth-order valence-corrected chi connectivity index (χ4v) is 2.91. The van der Waals surface area contributed by atoms with E-state index in [1.807, 2.05) is 61.5 Å². The highest BCUT2D eigenvalue weighted by molar-refractivity contribution is 5.83. The van der Waals surface area contributed by atoms with Gasteiger partial charge in [-0.1, -0.05) is 48.5 Å². The molecular weight excluding hydrogens is 290 g/mol. The molecule has 1 aliphatic heterocycles. The Bertz CT molecular complexity index is 697. The minimum Gasteiger partial charge on any atom is -0.491 e. The molecule has 3 rings (SSSR count). The van der Waals surface area contributed by atoms with E-state index in [0.717, 1.165) is 5.56 Å². The Morgan fingerprint density at radius 2 is 1.87 bits per heavy atom. The predicted molar refractivity (Wildman–Crippen MR) is 88.3 cm³/mol. The molecule has 0 radical (unpaired) electrons. The number of hydrogen-bond donors (Lipinski definition) is 2. The molecular formula is C19H21NO3. The van der Waals surface area contributed by atoms with E-state index in [9.17, 15) is 9.90 Å². The fraction of sp³-hybridized carbons (Fsp3) is 0.316. The third-order valence-corrected chi connectivity index (χ3v) is 4.53. The molecule has 0 spiro atoms. The summed E-state index contributed by atoms with van der Waals surface area (Å²) in [5.41, 5.74) is 0.478. The molecule has 120 valence electrons. The number of ether oxygens (including phenoxy) is 1. The predicted octanol–water partition coefficient (Wildman–Crippen LogP) is 2.58. The highest BCUT2D eigenvalue weighted by Gasteiger charge is 2.41. The first-order chi connectivity index (χ1) is 11.0. The number of amides is 1. The summed E-state index contributed by atoms with van der Waals surface area (Å²) in [4.78, 5) is 12.5. The zero-order valence-electron chi connectivity index (χ0n) is 13.3. The van der Waals surface area contributed by atoms with E-state index >= 15 is 0 Å². The van der Waals surface area contributed by atoms with Gasteiger partial charge in [-0.25, -0.2) is 0 Å². The SMILES string of the molecule is C[C@H](C(=O)N[C@@H]1COc2ccccc2[C@]1(C)O)c1ccccc1. The van der Waals surface area contributed by atoms with Crippen molar-refractivity contribution in [3.63, 3.8) is 0 Å². The van der Waals surface area contributed by atoms with Crippen LogP contribution in [-0.4, -0.2) is 23.7 Å². The van der Waals surface area contributed by atoms with Gasteiger partial charge >= 0.3 is 0 Å². The monoisotopic (exact) mass is 311 g/mol. The van der Waals surface area contributed by atoms with Crippen LogP contribution < -0.4 is 10.1 Å². The Balaban J connectivity index is 1.77. The molecule has 0 unspecified atom stereocenters. The Kier molecular flexibility index (Phi) is 4.09. The molecule has 2 N–H and O–H groups in total. The molecule has 4 heteroatoms. The topological polar surface area (TPSA) is 58.6 Å². The van der Waals surface area contributed by atoms with E-state index in [1.54, 1.807) is 6.92 Å². The van der Waals surface area contributed by atoms with Gasteiger partial charge in [0.25, 0.3) is 0 Å². The molecule has 1 heterocycles. The molecule has 0 aromatic heterocycles. The molecule has 2 aromatic carbocycles. The van der Waals surface area contributed by atoms with E-state index in [1.165, 1.54) is 0 Å². The van der Waals surface area contributed by atoms with Gasteiger partial charge in [-0.3, -0.25) is 4.79 Å². The van der Waals surface area contributed by atoms with Crippen molar-refractivity contribution in [2.45, 2.75) is 31.4 Å². The summed E-state index contributed by atoms with van der Waals surface area (Å²) in [6.45, 7) is 3.82. The van der Waals surface area contributed by atoms with Crippen molar-refractivity contribution >= 4 is 5.91 Å². The lowest BCUT2D eigenvalue weighted by atomic mass is 9.85. The Labute approximate surface area is 136 Å². The Hall–Kier alpha value is -2.33. The zero-order chi connectivity index (χ0) is 16.4. The fourth-order valence-electron chi connectivity index (χ4n) is 2.91. The molecule has 4 nitrogen and oxygen atoms in total. The maximum absolute atomic E-state index is 12.5. The van der Waals surface area contributed by atoms with Gasteiger partial charge in [0, 0.05) is 5.56 Å². The van der Waals surface area contributed by atoms with Crippen molar-refractivity contribution in [3.05, 3.63) is 65.7 Å². The number of carbonyl (C=O) groups excluding carboxylic acids is 1. The molecule has 0 aliphatic carbocycles. The number of carbonyl (C=O) groups is 1. The van der Waals surface area contributed by atoms with Crippen molar-refractivity contribution < 1.29 is 14.6 Å². The molecule has 1 amide bonds. The summed E-state index contributed by atoms with van der Waals surface area (Å²) in [6, 6.07) is 16.5. The number of aliphatic hydroxyl groups is 1. The maximum atomic E-state index is 12.5. The van der Waals surface area contributed by atoms with E-state index in [2.05, 4.69) is 5.32 Å². The molecule has 0 fully saturated rings. The lowest BCUT2D eigenvalue weighted by Crippen LogP contribution is -2.55. The number of para-hydroxylation sites is 1. The van der Waals surface area contributed by atoms with Gasteiger partial charge < -0.3 is 15.2 Å². The van der Waals surface area contributed by atoms with Gasteiger partial charge in [-0.15, -0.1) is 0 Å². The zero-order valence-corrected chi connectivity index (χ0v) is 13.3. The second kappa shape index (κ2) is 6.05. The quantitative estimate of drug-likeness (QED) is 0.916. The first-order valence-electron chi connectivity index (χ1n) is 7.80. The van der Waals surface area contributed by atoms with Gasteiger partial charge in [0.2, 0.25) is 5.91 Å². The summed E-state index contributed by atoms with van der Waals surface area (Å²) in [7, 11) is 0. The Morgan fingerprint density at radius 1 is 1.22 bits per heavy atom. The molecule has 0 bridgehead atoms. The van der Waals surface area contributed by atoms with Crippen molar-refractivity contribution in [3.8, 4) is 5.75 Å². The van der Waals surface area contributed by atoms with Gasteiger partial charge in [0.05, 0.1) is 12.0 Å². The first-order valence-corrected chi connectivity index (χ1v) is 7.80. The summed E-state index contributed by atoms with van der Waals surface area (Å²) in [6.07, 6.45) is 0. The minimum absolute atomic E-state index is 0.121. The second-order valence-corrected chi connectivity index (χ2v) is 6.15. The van der Waals surface area contributed by atoms with Crippen molar-refractivity contribution in [1.82, 2.24) is 5.32 Å². The maximum Gasteiger partial charge on any atom is 0.227 e. The number of rotatable bonds is 3. The van der Waals surface area contributed by atoms with Crippen LogP contribution in [0.25, 0.3) is 0 Å². The van der Waals surface area contributed by atoms with Crippen LogP contribution in [0.5, 0.6) is 5.75 Å². The highest BCUT2D eigenvalue weighted by atomic mass is 16.5. The van der Waals surface area contributed by atoms with Crippen LogP contribution in [0.4, 0.5) is 0 Å². The summed E-state index contributed by atoms with van der Waals surface area (Å²) < 4.78 is 5.68. The molecule has 0 saturated carbocycles. The van der Waals surface area contributed by atoms with Crippen LogP contribution in [0.15, 0.2) is 54.6 Å². The normalized spacial score (nSPS) is 24.2. The summed E-state index contributed by atoms with van der Waals surface area (Å²) in [5.74, 6) is 0.257. The minimum atomic E-state index is -1.17. The van der Waals surface area contributed by atoms with E-state index in [4.69, 9.17) is 4.74 Å².